The van der Waals surface area contributed by atoms with Crippen molar-refractivity contribution < 1.29 is 14.3 Å². The molecule has 1 atom stereocenters. The molecule has 6 nitrogen and oxygen atoms in total. The zero-order valence-electron chi connectivity index (χ0n) is 14.8. The van der Waals surface area contributed by atoms with Crippen molar-refractivity contribution in [3.8, 4) is 0 Å². The van der Waals surface area contributed by atoms with Gasteiger partial charge in [0.25, 0.3) is 5.91 Å². The third-order valence-corrected chi connectivity index (χ3v) is 4.10. The van der Waals surface area contributed by atoms with Crippen molar-refractivity contribution in [1.29, 1.82) is 0 Å². The third kappa shape index (κ3) is 3.91. The largest absolute Gasteiger partial charge is 0.445 e. The molecule has 0 spiro atoms. The average Bonchev–Trinajstić information content (AvgIpc) is 3.08. The van der Waals surface area contributed by atoms with E-state index in [1.165, 1.54) is 4.68 Å². The molecule has 3 aromatic rings. The Morgan fingerprint density at radius 3 is 2.50 bits per heavy atom. The molecule has 1 heterocycles. The second-order valence-electron chi connectivity index (χ2n) is 6.38. The highest BCUT2D eigenvalue weighted by Crippen LogP contribution is 2.15. The van der Waals surface area contributed by atoms with E-state index in [0.717, 1.165) is 10.9 Å². The summed E-state index contributed by atoms with van der Waals surface area (Å²) in [6, 6.07) is 16.1. The van der Waals surface area contributed by atoms with E-state index >= 15 is 0 Å². The Labute approximate surface area is 151 Å². The number of ether oxygens (including phenoxy) is 1. The number of amides is 1. The molecule has 1 amide bonds. The van der Waals surface area contributed by atoms with Crippen LogP contribution in [0.2, 0.25) is 0 Å². The molecule has 0 bridgehead atoms. The topological polar surface area (TPSA) is 73.2 Å². The van der Waals surface area contributed by atoms with Gasteiger partial charge in [0.2, 0.25) is 0 Å². The summed E-state index contributed by atoms with van der Waals surface area (Å²) in [5, 5.41) is 7.71. The first-order chi connectivity index (χ1) is 12.6. The summed E-state index contributed by atoms with van der Waals surface area (Å²) in [5.74, 6) is -0.410. The molecule has 0 fully saturated rings. The molecule has 26 heavy (non-hydrogen) atoms. The van der Waals surface area contributed by atoms with Crippen molar-refractivity contribution >= 4 is 22.9 Å². The predicted molar refractivity (Wildman–Crippen MR) is 98.7 cm³/mol. The molecule has 0 aliphatic heterocycles. The number of hydrogen-bond donors (Lipinski definition) is 1. The highest BCUT2D eigenvalue weighted by molar-refractivity contribution is 5.94. The number of rotatable bonds is 5. The van der Waals surface area contributed by atoms with Crippen molar-refractivity contribution in [2.45, 2.75) is 26.5 Å². The van der Waals surface area contributed by atoms with Gasteiger partial charge in [-0.15, -0.1) is 0 Å². The molecule has 1 aromatic heterocycles. The minimum Gasteiger partial charge on any atom is -0.445 e. The average molecular weight is 351 g/mol. The number of aromatic nitrogens is 2. The van der Waals surface area contributed by atoms with Crippen LogP contribution < -0.4 is 5.32 Å². The minimum atomic E-state index is -0.735. The van der Waals surface area contributed by atoms with E-state index in [1.54, 1.807) is 6.20 Å². The molecular formula is C20H21N3O3. The highest BCUT2D eigenvalue weighted by Gasteiger charge is 2.27. The van der Waals surface area contributed by atoms with Gasteiger partial charge in [-0.2, -0.15) is 9.78 Å². The summed E-state index contributed by atoms with van der Waals surface area (Å²) in [6.07, 6.45) is 1.01. The van der Waals surface area contributed by atoms with E-state index in [9.17, 15) is 9.59 Å². The number of nitrogens with one attached hydrogen (secondary N) is 1. The third-order valence-electron chi connectivity index (χ3n) is 4.10. The maximum atomic E-state index is 12.9. The fourth-order valence-electron chi connectivity index (χ4n) is 2.68. The molecule has 0 saturated heterocycles. The Balaban J connectivity index is 1.70. The van der Waals surface area contributed by atoms with Gasteiger partial charge in [0.1, 0.15) is 12.6 Å². The minimum absolute atomic E-state index is 0.116. The van der Waals surface area contributed by atoms with Gasteiger partial charge >= 0.3 is 6.09 Å². The van der Waals surface area contributed by atoms with E-state index in [2.05, 4.69) is 10.4 Å². The van der Waals surface area contributed by atoms with Crippen LogP contribution in [0.15, 0.2) is 60.8 Å². The molecule has 1 N–H and O–H groups in total. The number of para-hydroxylation sites is 1. The molecule has 0 aliphatic carbocycles. The summed E-state index contributed by atoms with van der Waals surface area (Å²) < 4.78 is 6.56. The number of fused-ring (bicyclic) bond motifs is 1. The summed E-state index contributed by atoms with van der Waals surface area (Å²) in [4.78, 5) is 25.1. The highest BCUT2D eigenvalue weighted by atomic mass is 16.5. The van der Waals surface area contributed by atoms with Crippen LogP contribution in [0.3, 0.4) is 0 Å². The lowest BCUT2D eigenvalue weighted by Gasteiger charge is -2.21. The van der Waals surface area contributed by atoms with Crippen molar-refractivity contribution in [3.05, 3.63) is 66.4 Å². The lowest BCUT2D eigenvalue weighted by atomic mass is 10.0. The smallest absolute Gasteiger partial charge is 0.408 e. The van der Waals surface area contributed by atoms with Crippen molar-refractivity contribution in [2.24, 2.45) is 5.92 Å². The zero-order valence-corrected chi connectivity index (χ0v) is 14.8. The first kappa shape index (κ1) is 17.7. The molecule has 3 rings (SSSR count). The van der Waals surface area contributed by atoms with Gasteiger partial charge in [0.15, 0.2) is 0 Å². The molecule has 0 radical (unpaired) electrons. The Morgan fingerprint density at radius 2 is 1.77 bits per heavy atom. The molecule has 1 unspecified atom stereocenters. The number of hydrogen-bond acceptors (Lipinski definition) is 4. The SMILES string of the molecule is CC(C)C(NC(=O)OCc1ccccc1)C(=O)n1ncc2ccccc21. The summed E-state index contributed by atoms with van der Waals surface area (Å²) >= 11 is 0. The van der Waals surface area contributed by atoms with E-state index in [1.807, 2.05) is 68.4 Å². The van der Waals surface area contributed by atoms with E-state index in [4.69, 9.17) is 4.74 Å². The second-order valence-corrected chi connectivity index (χ2v) is 6.38. The normalized spacial score (nSPS) is 12.1. The van der Waals surface area contributed by atoms with E-state index in [-0.39, 0.29) is 18.4 Å². The number of nitrogens with zero attached hydrogens (tertiary/aromatic N) is 2. The van der Waals surface area contributed by atoms with E-state index < -0.39 is 12.1 Å². The van der Waals surface area contributed by atoms with Gasteiger partial charge < -0.3 is 10.1 Å². The van der Waals surface area contributed by atoms with Crippen molar-refractivity contribution in [1.82, 2.24) is 15.1 Å². The molecule has 0 aliphatic rings. The maximum absolute atomic E-state index is 12.9. The van der Waals surface area contributed by atoms with Crippen LogP contribution in [0.1, 0.15) is 24.2 Å². The van der Waals surface area contributed by atoms with Crippen molar-refractivity contribution in [3.63, 3.8) is 0 Å². The lowest BCUT2D eigenvalue weighted by Crippen LogP contribution is -2.47. The number of carbonyl (C=O) groups is 2. The second kappa shape index (κ2) is 7.82. The summed E-state index contributed by atoms with van der Waals surface area (Å²) in [6.45, 7) is 3.88. The molecule has 0 saturated carbocycles. The Kier molecular flexibility index (Phi) is 5.31. The molecule has 6 heteroatoms. The Hall–Kier alpha value is -3.15. The maximum Gasteiger partial charge on any atom is 0.408 e. The molecular weight excluding hydrogens is 330 g/mol. The Bertz CT molecular complexity index is 903. The number of carbonyl (C=O) groups excluding carboxylic acids is 2. The monoisotopic (exact) mass is 351 g/mol. The van der Waals surface area contributed by atoms with Crippen LogP contribution in [-0.4, -0.2) is 27.8 Å². The lowest BCUT2D eigenvalue weighted by molar-refractivity contribution is 0.0795. The first-order valence-corrected chi connectivity index (χ1v) is 8.50. The van der Waals surface area contributed by atoms with Crippen LogP contribution >= 0.6 is 0 Å². The van der Waals surface area contributed by atoms with E-state index in [0.29, 0.717) is 5.52 Å². The standard InChI is InChI=1S/C20H21N3O3/c1-14(2)18(22-20(25)26-13-15-8-4-3-5-9-15)19(24)23-17-11-7-6-10-16(17)12-21-23/h3-12,14,18H,13H2,1-2H3,(H,22,25). The van der Waals surface area contributed by atoms with Crippen LogP contribution in [0.25, 0.3) is 10.9 Å². The van der Waals surface area contributed by atoms with Gasteiger partial charge in [-0.3, -0.25) is 4.79 Å². The number of alkyl carbamates (subject to hydrolysis) is 1. The molecule has 134 valence electrons. The molecule has 2 aromatic carbocycles. The van der Waals surface area contributed by atoms with Crippen LogP contribution in [0.4, 0.5) is 4.79 Å². The van der Waals surface area contributed by atoms with Gasteiger partial charge in [-0.05, 0) is 17.5 Å². The van der Waals surface area contributed by atoms with Crippen LogP contribution in [0.5, 0.6) is 0 Å². The van der Waals surface area contributed by atoms with Crippen molar-refractivity contribution in [2.75, 3.05) is 0 Å². The fourth-order valence-corrected chi connectivity index (χ4v) is 2.68. The summed E-state index contributed by atoms with van der Waals surface area (Å²) in [7, 11) is 0. The van der Waals surface area contributed by atoms with Crippen LogP contribution in [-0.2, 0) is 11.3 Å². The Morgan fingerprint density at radius 1 is 1.08 bits per heavy atom. The first-order valence-electron chi connectivity index (χ1n) is 8.50. The predicted octanol–water partition coefficient (Wildman–Crippen LogP) is 3.63. The zero-order chi connectivity index (χ0) is 18.5. The van der Waals surface area contributed by atoms with Gasteiger partial charge in [0.05, 0.1) is 11.7 Å². The fraction of sp³-hybridized carbons (Fsp3) is 0.250. The van der Waals surface area contributed by atoms with Gasteiger partial charge in [-0.1, -0.05) is 62.4 Å². The van der Waals surface area contributed by atoms with Gasteiger partial charge in [0, 0.05) is 5.39 Å². The van der Waals surface area contributed by atoms with Gasteiger partial charge in [-0.25, -0.2) is 4.79 Å². The van der Waals surface area contributed by atoms with Crippen LogP contribution in [0, 0.1) is 5.92 Å². The summed E-state index contributed by atoms with van der Waals surface area (Å²) in [5.41, 5.74) is 1.59. The quantitative estimate of drug-likeness (QED) is 0.762. The number of benzene rings is 2.